The van der Waals surface area contributed by atoms with Gasteiger partial charge in [0.2, 0.25) is 0 Å². The van der Waals surface area contributed by atoms with Gasteiger partial charge < -0.3 is 10.1 Å². The minimum Gasteiger partial charge on any atom is -0.395 e. The lowest BCUT2D eigenvalue weighted by Gasteiger charge is -2.33. The Kier molecular flexibility index (Phi) is 4.79. The van der Waals surface area contributed by atoms with Crippen LogP contribution >= 0.6 is 0 Å². The molecule has 1 fully saturated rings. The molecule has 1 saturated heterocycles. The lowest BCUT2D eigenvalue weighted by Crippen LogP contribution is -2.46. The van der Waals surface area contributed by atoms with Crippen molar-refractivity contribution in [1.29, 1.82) is 0 Å². The molecular weight excluding hydrogens is 332 g/mol. The van der Waals surface area contributed by atoms with E-state index < -0.39 is 0 Å². The number of aromatic nitrogens is 4. The Balaban J connectivity index is 1.58. The highest BCUT2D eigenvalue weighted by atomic mass is 16.3. The molecule has 1 aliphatic heterocycles. The molecule has 136 valence electrons. The Hall–Kier alpha value is -2.55. The van der Waals surface area contributed by atoms with Gasteiger partial charge in [0.25, 0.3) is 5.56 Å². The van der Waals surface area contributed by atoms with E-state index in [0.717, 1.165) is 31.9 Å². The second-order valence-corrected chi connectivity index (χ2v) is 6.48. The molecule has 0 unspecified atom stereocenters. The summed E-state index contributed by atoms with van der Waals surface area (Å²) in [6.45, 7) is 5.10. The Morgan fingerprint density at radius 1 is 1.08 bits per heavy atom. The van der Waals surface area contributed by atoms with Crippen LogP contribution in [0.15, 0.2) is 41.3 Å². The van der Waals surface area contributed by atoms with Gasteiger partial charge in [0.05, 0.1) is 25.0 Å². The van der Waals surface area contributed by atoms with Crippen LogP contribution in [0, 0.1) is 0 Å². The number of rotatable bonds is 5. The van der Waals surface area contributed by atoms with Crippen LogP contribution in [-0.4, -0.2) is 74.0 Å². The number of fused-ring (bicyclic) bond motifs is 1. The van der Waals surface area contributed by atoms with Crippen LogP contribution in [0.25, 0.3) is 16.7 Å². The van der Waals surface area contributed by atoms with Crippen molar-refractivity contribution in [2.45, 2.75) is 6.54 Å². The first kappa shape index (κ1) is 16.9. The minimum atomic E-state index is -0.161. The van der Waals surface area contributed by atoms with Crippen molar-refractivity contribution in [2.24, 2.45) is 0 Å². The maximum absolute atomic E-state index is 12.4. The average Bonchev–Trinajstić information content (AvgIpc) is 3.09. The first-order valence-corrected chi connectivity index (χ1v) is 8.82. The van der Waals surface area contributed by atoms with Crippen LogP contribution < -0.4 is 5.56 Å². The molecule has 0 saturated carbocycles. The third kappa shape index (κ3) is 3.39. The summed E-state index contributed by atoms with van der Waals surface area (Å²) < 4.78 is 1.70. The van der Waals surface area contributed by atoms with E-state index in [1.807, 2.05) is 30.3 Å². The fourth-order valence-electron chi connectivity index (χ4n) is 3.32. The molecule has 8 heteroatoms. The molecule has 0 aliphatic carbocycles. The number of aliphatic hydroxyl groups is 1. The predicted octanol–water partition coefficient (Wildman–Crippen LogP) is 0.219. The number of H-pyrrole nitrogens is 1. The molecule has 0 bridgehead atoms. The molecule has 0 atom stereocenters. The molecule has 8 nitrogen and oxygen atoms in total. The van der Waals surface area contributed by atoms with Gasteiger partial charge in [-0.1, -0.05) is 18.2 Å². The lowest BCUT2D eigenvalue weighted by molar-refractivity contribution is 0.107. The van der Waals surface area contributed by atoms with Crippen molar-refractivity contribution in [1.82, 2.24) is 29.5 Å². The number of hydrogen-bond donors (Lipinski definition) is 2. The van der Waals surface area contributed by atoms with Gasteiger partial charge in [-0.05, 0) is 12.1 Å². The SMILES string of the molecule is O=c1[nH]c(CN2CCN(CCO)CC2)nc2c1cnn2-c1ccccc1. The fourth-order valence-corrected chi connectivity index (χ4v) is 3.32. The monoisotopic (exact) mass is 354 g/mol. The number of hydrogen-bond acceptors (Lipinski definition) is 6. The molecule has 0 spiro atoms. The van der Waals surface area contributed by atoms with E-state index in [-0.39, 0.29) is 12.2 Å². The first-order chi connectivity index (χ1) is 12.7. The van der Waals surface area contributed by atoms with Crippen molar-refractivity contribution in [2.75, 3.05) is 39.3 Å². The third-order valence-corrected chi connectivity index (χ3v) is 4.74. The molecule has 3 heterocycles. The van der Waals surface area contributed by atoms with Crippen molar-refractivity contribution >= 4 is 11.0 Å². The van der Waals surface area contributed by atoms with E-state index in [9.17, 15) is 4.79 Å². The summed E-state index contributed by atoms with van der Waals surface area (Å²) in [7, 11) is 0. The van der Waals surface area contributed by atoms with Crippen LogP contribution in [0.5, 0.6) is 0 Å². The van der Waals surface area contributed by atoms with Gasteiger partial charge in [-0.2, -0.15) is 5.10 Å². The smallest absolute Gasteiger partial charge is 0.262 e. The number of aromatic amines is 1. The Labute approximate surface area is 150 Å². The average molecular weight is 354 g/mol. The van der Waals surface area contributed by atoms with Gasteiger partial charge in [-0.3, -0.25) is 14.6 Å². The largest absolute Gasteiger partial charge is 0.395 e. The predicted molar refractivity (Wildman–Crippen MR) is 98.3 cm³/mol. The number of nitrogens with one attached hydrogen (secondary N) is 1. The van der Waals surface area contributed by atoms with E-state index >= 15 is 0 Å². The summed E-state index contributed by atoms with van der Waals surface area (Å²) in [6.07, 6.45) is 1.56. The van der Waals surface area contributed by atoms with E-state index in [4.69, 9.17) is 5.11 Å². The molecule has 0 amide bonds. The summed E-state index contributed by atoms with van der Waals surface area (Å²) in [5.74, 6) is 0.649. The second-order valence-electron chi connectivity index (χ2n) is 6.48. The number of β-amino-alcohol motifs (C(OH)–C–C–N with tert-alkyl or cyclic N) is 1. The van der Waals surface area contributed by atoms with Crippen LogP contribution in [0.4, 0.5) is 0 Å². The van der Waals surface area contributed by atoms with Crippen molar-refractivity contribution in [3.05, 3.63) is 52.7 Å². The van der Waals surface area contributed by atoms with Crippen molar-refractivity contribution in [3.8, 4) is 5.69 Å². The van der Waals surface area contributed by atoms with Crippen LogP contribution in [0.2, 0.25) is 0 Å². The van der Waals surface area contributed by atoms with Crippen LogP contribution in [-0.2, 0) is 6.54 Å². The summed E-state index contributed by atoms with van der Waals surface area (Å²) in [4.78, 5) is 24.5. The quantitative estimate of drug-likeness (QED) is 0.681. The molecule has 1 aromatic carbocycles. The maximum atomic E-state index is 12.4. The molecule has 1 aliphatic rings. The summed E-state index contributed by atoms with van der Waals surface area (Å²) >= 11 is 0. The minimum absolute atomic E-state index is 0.161. The maximum Gasteiger partial charge on any atom is 0.262 e. The highest BCUT2D eigenvalue weighted by molar-refractivity contribution is 5.75. The molecule has 2 N–H and O–H groups in total. The van der Waals surface area contributed by atoms with Gasteiger partial charge in [0.1, 0.15) is 11.2 Å². The highest BCUT2D eigenvalue weighted by Gasteiger charge is 2.18. The summed E-state index contributed by atoms with van der Waals surface area (Å²) in [6, 6.07) is 9.69. The zero-order valence-corrected chi connectivity index (χ0v) is 14.5. The van der Waals surface area contributed by atoms with E-state index in [1.165, 1.54) is 0 Å². The highest BCUT2D eigenvalue weighted by Crippen LogP contribution is 2.14. The van der Waals surface area contributed by atoms with Gasteiger partial charge in [-0.25, -0.2) is 9.67 Å². The molecule has 4 rings (SSSR count). The van der Waals surface area contributed by atoms with Gasteiger partial charge >= 0.3 is 0 Å². The van der Waals surface area contributed by atoms with Gasteiger partial charge in [-0.15, -0.1) is 0 Å². The van der Waals surface area contributed by atoms with Crippen molar-refractivity contribution < 1.29 is 5.11 Å². The number of aliphatic hydroxyl groups excluding tert-OH is 1. The number of piperazine rings is 1. The fraction of sp³-hybridized carbons (Fsp3) is 0.389. The Morgan fingerprint density at radius 2 is 1.81 bits per heavy atom. The zero-order valence-electron chi connectivity index (χ0n) is 14.5. The summed E-state index contributed by atoms with van der Waals surface area (Å²) in [5, 5.41) is 13.9. The topological polar surface area (TPSA) is 90.3 Å². The summed E-state index contributed by atoms with van der Waals surface area (Å²) in [5.41, 5.74) is 1.30. The van der Waals surface area contributed by atoms with Crippen molar-refractivity contribution in [3.63, 3.8) is 0 Å². The van der Waals surface area contributed by atoms with Crippen LogP contribution in [0.3, 0.4) is 0 Å². The van der Waals surface area contributed by atoms with E-state index in [1.54, 1.807) is 10.9 Å². The molecule has 3 aromatic rings. The Bertz CT molecular complexity index is 928. The lowest BCUT2D eigenvalue weighted by atomic mass is 10.3. The molecule has 0 radical (unpaired) electrons. The van der Waals surface area contributed by atoms with E-state index in [2.05, 4.69) is 24.9 Å². The third-order valence-electron chi connectivity index (χ3n) is 4.74. The van der Waals surface area contributed by atoms with Crippen LogP contribution in [0.1, 0.15) is 5.82 Å². The number of para-hydroxylation sites is 1. The molecular formula is C18H22N6O2. The normalized spacial score (nSPS) is 16.3. The standard InChI is InChI=1S/C18H22N6O2/c25-11-10-22-6-8-23(9-7-22)13-16-20-17-15(18(26)21-16)12-19-24(17)14-4-2-1-3-5-14/h1-5,12,25H,6-11,13H2,(H,20,21,26). The van der Waals surface area contributed by atoms with Gasteiger partial charge in [0, 0.05) is 32.7 Å². The van der Waals surface area contributed by atoms with E-state index in [0.29, 0.717) is 29.9 Å². The molecule has 26 heavy (non-hydrogen) atoms. The molecule has 2 aromatic heterocycles. The zero-order chi connectivity index (χ0) is 17.9. The first-order valence-electron chi connectivity index (χ1n) is 8.82. The number of benzene rings is 1. The number of nitrogens with zero attached hydrogens (tertiary/aromatic N) is 5. The second kappa shape index (κ2) is 7.36. The Morgan fingerprint density at radius 3 is 2.54 bits per heavy atom. The van der Waals surface area contributed by atoms with Gasteiger partial charge in [0.15, 0.2) is 5.65 Å².